The lowest BCUT2D eigenvalue weighted by Gasteiger charge is -2.42. The molecular formula is C23H20F3N3O6S. The molecule has 0 radical (unpaired) electrons. The number of hydrogen-bond donors (Lipinski definition) is 1. The number of pyridine rings is 1. The summed E-state index contributed by atoms with van der Waals surface area (Å²) < 4.78 is 77.3. The fraction of sp³-hybridized carbons (Fsp3) is 0.261. The summed E-state index contributed by atoms with van der Waals surface area (Å²) in [5.74, 6) is 0.216. The second kappa shape index (κ2) is 8.75. The highest BCUT2D eigenvalue weighted by atomic mass is 32.2. The zero-order chi connectivity index (χ0) is 26.5. The van der Waals surface area contributed by atoms with Gasteiger partial charge in [-0.2, -0.15) is 21.6 Å². The Balaban J connectivity index is 1.96. The van der Waals surface area contributed by atoms with Crippen molar-refractivity contribution in [3.63, 3.8) is 0 Å². The molecule has 9 nitrogen and oxygen atoms in total. The van der Waals surface area contributed by atoms with Crippen LogP contribution in [0.15, 0.2) is 76.2 Å². The molecule has 2 atom stereocenters. The predicted octanol–water partition coefficient (Wildman–Crippen LogP) is 3.83. The van der Waals surface area contributed by atoms with E-state index in [1.165, 1.54) is 47.2 Å². The molecule has 2 heterocycles. The van der Waals surface area contributed by atoms with Crippen molar-refractivity contribution in [3.05, 3.63) is 93.6 Å². The molecule has 0 fully saturated rings. The number of halogens is 3. The minimum Gasteiger partial charge on any atom is -0.485 e. The average Bonchev–Trinajstić information content (AvgIpc) is 2.79. The maximum atomic E-state index is 13.5. The largest absolute Gasteiger partial charge is 0.485 e. The number of nitrogens with zero attached hydrogens (tertiary/aromatic N) is 3. The Hall–Kier alpha value is -3.71. The van der Waals surface area contributed by atoms with E-state index >= 15 is 0 Å². The van der Waals surface area contributed by atoms with Gasteiger partial charge >= 0.3 is 6.18 Å². The molecule has 1 N–H and O–H groups in total. The van der Waals surface area contributed by atoms with Crippen LogP contribution in [-0.4, -0.2) is 34.7 Å². The summed E-state index contributed by atoms with van der Waals surface area (Å²) in [4.78, 5) is 9.70. The smallest absolute Gasteiger partial charge is 0.417 e. The molecule has 1 aliphatic heterocycles. The van der Waals surface area contributed by atoms with Crippen LogP contribution in [0, 0.1) is 10.1 Å². The van der Waals surface area contributed by atoms with Crippen LogP contribution in [0.2, 0.25) is 0 Å². The molecule has 4 rings (SSSR count). The number of aromatic nitrogens is 1. The summed E-state index contributed by atoms with van der Waals surface area (Å²) in [6.45, 7) is 3.15. The third-order valence-corrected chi connectivity index (χ3v) is 7.10. The van der Waals surface area contributed by atoms with E-state index in [9.17, 15) is 36.8 Å². The molecule has 36 heavy (non-hydrogen) atoms. The molecule has 0 bridgehead atoms. The van der Waals surface area contributed by atoms with Crippen LogP contribution in [0.3, 0.4) is 0 Å². The molecular weight excluding hydrogens is 503 g/mol. The third kappa shape index (κ3) is 4.58. The monoisotopic (exact) mass is 523 g/mol. The van der Waals surface area contributed by atoms with Gasteiger partial charge in [-0.15, -0.1) is 4.40 Å². The van der Waals surface area contributed by atoms with Gasteiger partial charge in [0.05, 0.1) is 16.5 Å². The van der Waals surface area contributed by atoms with Crippen molar-refractivity contribution in [1.29, 1.82) is 0 Å². The Bertz CT molecular complexity index is 1520. The third-order valence-electron chi connectivity index (χ3n) is 5.76. The number of alkyl halides is 3. The highest BCUT2D eigenvalue weighted by Gasteiger charge is 2.44. The first-order valence-electron chi connectivity index (χ1n) is 10.5. The number of aliphatic hydroxyl groups excluding tert-OH is 1. The van der Waals surface area contributed by atoms with Gasteiger partial charge in [-0.05, 0) is 44.2 Å². The summed E-state index contributed by atoms with van der Waals surface area (Å²) in [5.41, 5.74) is -3.00. The number of nitro groups is 1. The van der Waals surface area contributed by atoms with Crippen LogP contribution in [0.1, 0.15) is 31.0 Å². The van der Waals surface area contributed by atoms with Crippen molar-refractivity contribution in [2.24, 2.45) is 4.40 Å². The molecule has 1 aliphatic rings. The topological polar surface area (TPSA) is 124 Å². The van der Waals surface area contributed by atoms with Crippen LogP contribution in [0.4, 0.5) is 18.9 Å². The number of aliphatic hydroxyl groups is 1. The molecule has 0 saturated heterocycles. The zero-order valence-corrected chi connectivity index (χ0v) is 19.7. The first kappa shape index (κ1) is 25.4. The van der Waals surface area contributed by atoms with Gasteiger partial charge in [0.15, 0.2) is 0 Å². The van der Waals surface area contributed by atoms with E-state index in [2.05, 4.69) is 4.40 Å². The van der Waals surface area contributed by atoms with E-state index in [0.29, 0.717) is 6.07 Å². The number of rotatable bonds is 4. The number of non-ortho nitro benzene ring substituents is 1. The predicted molar refractivity (Wildman–Crippen MR) is 121 cm³/mol. The van der Waals surface area contributed by atoms with E-state index < -0.39 is 49.3 Å². The van der Waals surface area contributed by atoms with Crippen LogP contribution in [-0.2, 0) is 16.2 Å². The summed E-state index contributed by atoms with van der Waals surface area (Å²) in [6, 6.07) is 10.5. The first-order valence-corrected chi connectivity index (χ1v) is 12.0. The van der Waals surface area contributed by atoms with E-state index in [0.717, 1.165) is 18.2 Å². The molecule has 2 unspecified atom stereocenters. The molecule has 0 amide bonds. The molecule has 0 aliphatic carbocycles. The fourth-order valence-electron chi connectivity index (χ4n) is 4.03. The van der Waals surface area contributed by atoms with Crippen LogP contribution in [0.5, 0.6) is 5.75 Å². The molecule has 2 aromatic carbocycles. The number of fused-ring (bicyclic) bond motifs is 1. The van der Waals surface area contributed by atoms with Gasteiger partial charge in [-0.3, -0.25) is 10.1 Å². The Morgan fingerprint density at radius 2 is 1.78 bits per heavy atom. The van der Waals surface area contributed by atoms with Gasteiger partial charge in [0.25, 0.3) is 15.7 Å². The van der Waals surface area contributed by atoms with Crippen molar-refractivity contribution in [2.75, 3.05) is 0 Å². The quantitative estimate of drug-likeness (QED) is 0.410. The van der Waals surface area contributed by atoms with E-state index in [1.54, 1.807) is 13.8 Å². The van der Waals surface area contributed by atoms with E-state index in [4.69, 9.17) is 4.74 Å². The minimum atomic E-state index is -4.94. The lowest BCUT2D eigenvalue weighted by atomic mass is 9.86. The Kier molecular flexibility index (Phi) is 6.17. The molecule has 3 aromatic rings. The van der Waals surface area contributed by atoms with Crippen LogP contribution < -0.4 is 10.2 Å². The van der Waals surface area contributed by atoms with Gasteiger partial charge in [0, 0.05) is 23.9 Å². The lowest BCUT2D eigenvalue weighted by Crippen LogP contribution is -2.52. The van der Waals surface area contributed by atoms with Crippen molar-refractivity contribution in [1.82, 2.24) is 4.57 Å². The standard InChI is InChI=1S/C23H20F3N3O6S/c1-22(2)21(30)20(15-13-14(29(31)32)10-11-17(15)35-22)28-12-6-5-9-19(28)27-36(33,34)18-8-4-3-7-16(18)23(24,25)26/h3-13,20-21,30H,1-2H3. The Labute approximate surface area is 203 Å². The average molecular weight is 523 g/mol. The van der Waals surface area contributed by atoms with E-state index in [-0.39, 0.29) is 22.5 Å². The van der Waals surface area contributed by atoms with Crippen molar-refractivity contribution >= 4 is 15.7 Å². The summed E-state index contributed by atoms with van der Waals surface area (Å²) in [7, 11) is -4.87. The van der Waals surface area contributed by atoms with Crippen molar-refractivity contribution in [2.45, 2.75) is 42.7 Å². The molecule has 13 heteroatoms. The van der Waals surface area contributed by atoms with Gasteiger partial charge in [-0.25, -0.2) is 0 Å². The molecule has 0 saturated carbocycles. The maximum Gasteiger partial charge on any atom is 0.417 e. The minimum absolute atomic E-state index is 0.178. The maximum absolute atomic E-state index is 13.5. The van der Waals surface area contributed by atoms with Gasteiger partial charge in [0.2, 0.25) is 0 Å². The SMILES string of the molecule is CC1(C)Oc2ccc([N+](=O)[O-])cc2C(n2ccccc2=NS(=O)(=O)c2ccccc2C(F)(F)F)C1O. The Morgan fingerprint density at radius 3 is 2.44 bits per heavy atom. The van der Waals surface area contributed by atoms with Gasteiger partial charge in [-0.1, -0.05) is 18.2 Å². The molecule has 190 valence electrons. The number of nitro benzene ring substituents is 1. The number of sulfonamides is 1. The van der Waals surface area contributed by atoms with Gasteiger partial charge < -0.3 is 14.4 Å². The summed E-state index contributed by atoms with van der Waals surface area (Å²) >= 11 is 0. The number of hydrogen-bond acceptors (Lipinski definition) is 6. The zero-order valence-electron chi connectivity index (χ0n) is 18.9. The second-order valence-corrected chi connectivity index (χ2v) is 10.2. The normalized spacial score (nSPS) is 19.9. The number of benzene rings is 2. The molecule has 0 spiro atoms. The number of ether oxygens (including phenoxy) is 1. The lowest BCUT2D eigenvalue weighted by molar-refractivity contribution is -0.385. The van der Waals surface area contributed by atoms with Crippen molar-refractivity contribution < 1.29 is 36.4 Å². The highest BCUT2D eigenvalue weighted by molar-refractivity contribution is 7.90. The van der Waals surface area contributed by atoms with Crippen LogP contribution in [0.25, 0.3) is 0 Å². The van der Waals surface area contributed by atoms with Crippen molar-refractivity contribution in [3.8, 4) is 5.75 Å². The van der Waals surface area contributed by atoms with E-state index in [1.807, 2.05) is 0 Å². The van der Waals surface area contributed by atoms with Crippen LogP contribution >= 0.6 is 0 Å². The fourth-order valence-corrected chi connectivity index (χ4v) is 5.24. The summed E-state index contributed by atoms with van der Waals surface area (Å²) in [5, 5.41) is 22.5. The highest BCUT2D eigenvalue weighted by Crippen LogP contribution is 2.43. The first-order chi connectivity index (χ1) is 16.7. The van der Waals surface area contributed by atoms with Gasteiger partial charge in [0.1, 0.15) is 27.8 Å². The Morgan fingerprint density at radius 1 is 1.11 bits per heavy atom. The summed E-state index contributed by atoms with van der Waals surface area (Å²) in [6.07, 6.45) is -4.91. The second-order valence-electron chi connectivity index (χ2n) is 8.60. The molecule has 1 aromatic heterocycles.